The summed E-state index contributed by atoms with van der Waals surface area (Å²) in [5, 5.41) is 9.25. The van der Waals surface area contributed by atoms with Crippen LogP contribution in [-0.4, -0.2) is 75.8 Å². The molecule has 110 valence electrons. The SMILES string of the molecule is CN1CC(=O)N(CC(=O)N2CCCC2(C)C(=O)O)C1=O. The summed E-state index contributed by atoms with van der Waals surface area (Å²) in [6.07, 6.45) is 0.964. The van der Waals surface area contributed by atoms with E-state index in [1.54, 1.807) is 0 Å². The molecule has 0 aromatic rings. The van der Waals surface area contributed by atoms with E-state index in [2.05, 4.69) is 0 Å². The van der Waals surface area contributed by atoms with E-state index in [1.807, 2.05) is 0 Å². The number of carbonyl (C=O) groups excluding carboxylic acids is 3. The first kappa shape index (κ1) is 14.3. The van der Waals surface area contributed by atoms with Gasteiger partial charge in [-0.15, -0.1) is 0 Å². The Morgan fingerprint density at radius 1 is 1.35 bits per heavy atom. The van der Waals surface area contributed by atoms with Crippen LogP contribution in [0.3, 0.4) is 0 Å². The van der Waals surface area contributed by atoms with Crippen molar-refractivity contribution in [1.82, 2.24) is 14.7 Å². The summed E-state index contributed by atoms with van der Waals surface area (Å²) in [7, 11) is 1.47. The fraction of sp³-hybridized carbons (Fsp3) is 0.667. The van der Waals surface area contributed by atoms with Crippen molar-refractivity contribution >= 4 is 23.8 Å². The van der Waals surface area contributed by atoms with E-state index in [0.717, 1.165) is 4.90 Å². The fourth-order valence-corrected chi connectivity index (χ4v) is 2.63. The number of likely N-dealkylation sites (tertiary alicyclic amines) is 1. The van der Waals surface area contributed by atoms with Crippen molar-refractivity contribution in [2.45, 2.75) is 25.3 Å². The molecule has 4 amide bonds. The second-order valence-electron chi connectivity index (χ2n) is 5.35. The van der Waals surface area contributed by atoms with Crippen LogP contribution in [0, 0.1) is 0 Å². The Hall–Kier alpha value is -2.12. The van der Waals surface area contributed by atoms with Crippen molar-refractivity contribution in [3.63, 3.8) is 0 Å². The van der Waals surface area contributed by atoms with Crippen molar-refractivity contribution in [3.8, 4) is 0 Å². The molecule has 20 heavy (non-hydrogen) atoms. The van der Waals surface area contributed by atoms with Gasteiger partial charge in [-0.2, -0.15) is 0 Å². The molecule has 8 heteroatoms. The molecule has 8 nitrogen and oxygen atoms in total. The molecule has 1 unspecified atom stereocenters. The van der Waals surface area contributed by atoms with Gasteiger partial charge in [-0.25, -0.2) is 9.59 Å². The lowest BCUT2D eigenvalue weighted by atomic mass is 9.99. The number of aliphatic carboxylic acids is 1. The van der Waals surface area contributed by atoms with Gasteiger partial charge in [0.05, 0.1) is 0 Å². The third-order valence-corrected chi connectivity index (χ3v) is 3.93. The van der Waals surface area contributed by atoms with Crippen molar-refractivity contribution < 1.29 is 24.3 Å². The molecule has 0 bridgehead atoms. The highest BCUT2D eigenvalue weighted by Gasteiger charge is 2.47. The molecule has 2 heterocycles. The fourth-order valence-electron chi connectivity index (χ4n) is 2.63. The van der Waals surface area contributed by atoms with E-state index < -0.39 is 35.9 Å². The van der Waals surface area contributed by atoms with Gasteiger partial charge >= 0.3 is 12.0 Å². The van der Waals surface area contributed by atoms with Crippen LogP contribution in [0.2, 0.25) is 0 Å². The minimum absolute atomic E-state index is 0.0533. The summed E-state index contributed by atoms with van der Waals surface area (Å²) in [6.45, 7) is 1.36. The topological polar surface area (TPSA) is 98.2 Å². The predicted molar refractivity (Wildman–Crippen MR) is 66.7 cm³/mol. The number of carboxylic acid groups (broad SMARTS) is 1. The zero-order chi connectivity index (χ0) is 15.1. The molecular formula is C12H17N3O5. The molecule has 2 saturated heterocycles. The van der Waals surface area contributed by atoms with E-state index in [9.17, 15) is 24.3 Å². The Balaban J connectivity index is 2.11. The highest BCUT2D eigenvalue weighted by Crippen LogP contribution is 2.29. The summed E-state index contributed by atoms with van der Waals surface area (Å²) in [6, 6.07) is -0.528. The van der Waals surface area contributed by atoms with Crippen molar-refractivity contribution in [2.75, 3.05) is 26.7 Å². The minimum Gasteiger partial charge on any atom is -0.480 e. The smallest absolute Gasteiger partial charge is 0.329 e. The molecule has 0 aromatic heterocycles. The zero-order valence-corrected chi connectivity index (χ0v) is 11.5. The molecule has 0 spiro atoms. The van der Waals surface area contributed by atoms with Crippen LogP contribution in [0.1, 0.15) is 19.8 Å². The summed E-state index contributed by atoms with van der Waals surface area (Å²) in [5.41, 5.74) is -1.26. The van der Waals surface area contributed by atoms with Gasteiger partial charge in [-0.05, 0) is 19.8 Å². The lowest BCUT2D eigenvalue weighted by molar-refractivity contribution is -0.155. The number of carboxylic acids is 1. The van der Waals surface area contributed by atoms with Gasteiger partial charge in [0.25, 0.3) is 5.91 Å². The molecule has 2 rings (SSSR count). The van der Waals surface area contributed by atoms with Crippen LogP contribution < -0.4 is 0 Å². The summed E-state index contributed by atoms with van der Waals surface area (Å²) >= 11 is 0. The summed E-state index contributed by atoms with van der Waals surface area (Å²) in [5.74, 6) is -2.02. The molecule has 0 radical (unpaired) electrons. The van der Waals surface area contributed by atoms with Crippen LogP contribution in [0.25, 0.3) is 0 Å². The van der Waals surface area contributed by atoms with Gasteiger partial charge in [0.1, 0.15) is 18.6 Å². The lowest BCUT2D eigenvalue weighted by Crippen LogP contribution is -2.54. The van der Waals surface area contributed by atoms with Gasteiger partial charge in [-0.1, -0.05) is 0 Å². The van der Waals surface area contributed by atoms with E-state index >= 15 is 0 Å². The first-order valence-electron chi connectivity index (χ1n) is 6.36. The normalized spacial score (nSPS) is 26.6. The first-order valence-corrected chi connectivity index (χ1v) is 6.36. The van der Waals surface area contributed by atoms with Gasteiger partial charge in [-0.3, -0.25) is 14.5 Å². The number of imide groups is 1. The Morgan fingerprint density at radius 2 is 2.00 bits per heavy atom. The number of likely N-dealkylation sites (N-methyl/N-ethyl adjacent to an activating group) is 1. The molecule has 2 aliphatic rings. The van der Waals surface area contributed by atoms with Crippen LogP contribution in [0.15, 0.2) is 0 Å². The van der Waals surface area contributed by atoms with Crippen LogP contribution in [0.4, 0.5) is 4.79 Å². The van der Waals surface area contributed by atoms with E-state index in [4.69, 9.17) is 0 Å². The summed E-state index contributed by atoms with van der Waals surface area (Å²) in [4.78, 5) is 50.2. The van der Waals surface area contributed by atoms with Gasteiger partial charge in [0.15, 0.2) is 0 Å². The molecule has 0 aromatic carbocycles. The molecule has 2 fully saturated rings. The Bertz CT molecular complexity index is 491. The highest BCUT2D eigenvalue weighted by molar-refractivity contribution is 6.04. The van der Waals surface area contributed by atoms with Crippen LogP contribution >= 0.6 is 0 Å². The second-order valence-corrected chi connectivity index (χ2v) is 5.35. The molecule has 0 saturated carbocycles. The maximum atomic E-state index is 12.2. The highest BCUT2D eigenvalue weighted by atomic mass is 16.4. The quantitative estimate of drug-likeness (QED) is 0.694. The molecule has 1 N–H and O–H groups in total. The van der Waals surface area contributed by atoms with Crippen LogP contribution in [0.5, 0.6) is 0 Å². The predicted octanol–water partition coefficient (Wildman–Crippen LogP) is -0.654. The number of nitrogens with zero attached hydrogens (tertiary/aromatic N) is 3. The Morgan fingerprint density at radius 3 is 2.50 bits per heavy atom. The maximum Gasteiger partial charge on any atom is 0.329 e. The van der Waals surface area contributed by atoms with Crippen molar-refractivity contribution in [2.24, 2.45) is 0 Å². The lowest BCUT2D eigenvalue weighted by Gasteiger charge is -2.32. The van der Waals surface area contributed by atoms with E-state index in [-0.39, 0.29) is 6.54 Å². The standard InChI is InChI=1S/C12H17N3O5/c1-12(10(18)19)4-3-5-15(12)9(17)7-14-8(16)6-13(2)11(14)20/h3-7H2,1-2H3,(H,18,19). The van der Waals surface area contributed by atoms with Gasteiger partial charge in [0, 0.05) is 13.6 Å². The largest absolute Gasteiger partial charge is 0.480 e. The first-order chi connectivity index (χ1) is 9.27. The second kappa shape index (κ2) is 4.77. The molecule has 0 aliphatic carbocycles. The Kier molecular flexibility index (Phi) is 3.41. The number of rotatable bonds is 3. The zero-order valence-electron chi connectivity index (χ0n) is 11.5. The number of hydrogen-bond acceptors (Lipinski definition) is 4. The maximum absolute atomic E-state index is 12.2. The summed E-state index contributed by atoms with van der Waals surface area (Å²) < 4.78 is 0. The van der Waals surface area contributed by atoms with Crippen molar-refractivity contribution in [1.29, 1.82) is 0 Å². The molecule has 1 atom stereocenters. The van der Waals surface area contributed by atoms with Crippen molar-refractivity contribution in [3.05, 3.63) is 0 Å². The van der Waals surface area contributed by atoms with E-state index in [1.165, 1.54) is 23.8 Å². The molecule has 2 aliphatic heterocycles. The Labute approximate surface area is 115 Å². The third-order valence-electron chi connectivity index (χ3n) is 3.93. The number of hydrogen-bond donors (Lipinski definition) is 1. The number of amides is 4. The van der Waals surface area contributed by atoms with Gasteiger partial charge < -0.3 is 14.9 Å². The number of urea groups is 1. The number of carbonyl (C=O) groups is 4. The molecular weight excluding hydrogens is 266 g/mol. The average Bonchev–Trinajstić information content (AvgIpc) is 2.87. The van der Waals surface area contributed by atoms with E-state index in [0.29, 0.717) is 19.4 Å². The minimum atomic E-state index is -1.26. The third kappa shape index (κ3) is 2.10. The van der Waals surface area contributed by atoms with Crippen LogP contribution in [-0.2, 0) is 14.4 Å². The average molecular weight is 283 g/mol. The van der Waals surface area contributed by atoms with Gasteiger partial charge in [0.2, 0.25) is 5.91 Å². The monoisotopic (exact) mass is 283 g/mol.